The first-order valence-electron chi connectivity index (χ1n) is 5.86. The van der Waals surface area contributed by atoms with Crippen LogP contribution in [0.25, 0.3) is 0 Å². The second-order valence-corrected chi connectivity index (χ2v) is 4.69. The van der Waals surface area contributed by atoms with Crippen molar-refractivity contribution in [3.63, 3.8) is 0 Å². The van der Waals surface area contributed by atoms with Gasteiger partial charge in [-0.1, -0.05) is 0 Å². The van der Waals surface area contributed by atoms with Crippen molar-refractivity contribution in [2.24, 2.45) is 11.7 Å². The summed E-state index contributed by atoms with van der Waals surface area (Å²) in [6, 6.07) is 0.304. The Labute approximate surface area is 103 Å². The molecular weight excluding hydrogens is 228 g/mol. The molecule has 0 radical (unpaired) electrons. The standard InChI is InChI=1S/C11H20N2O2.ClH/c1-7(8-2-3-8)13-11(14)10-5-4-9(6-12)15-10;/h7-10H,2-6,12H2,1H3,(H,13,14);1H/t7?,9-,10+;/m1./s1. The Morgan fingerprint density at radius 2 is 2.12 bits per heavy atom. The fraction of sp³-hybridized carbons (Fsp3) is 0.909. The van der Waals surface area contributed by atoms with Crippen LogP contribution in [0.3, 0.4) is 0 Å². The Balaban J connectivity index is 0.00000128. The minimum absolute atomic E-state index is 0. The summed E-state index contributed by atoms with van der Waals surface area (Å²) in [6.07, 6.45) is 4.03. The summed E-state index contributed by atoms with van der Waals surface area (Å²) in [5.41, 5.74) is 5.50. The highest BCUT2D eigenvalue weighted by molar-refractivity contribution is 5.85. The molecule has 1 unspecified atom stereocenters. The zero-order chi connectivity index (χ0) is 10.8. The van der Waals surface area contributed by atoms with E-state index in [4.69, 9.17) is 10.5 Å². The van der Waals surface area contributed by atoms with Crippen LogP contribution in [0, 0.1) is 5.92 Å². The molecule has 1 amide bonds. The summed E-state index contributed by atoms with van der Waals surface area (Å²) in [5, 5.41) is 3.02. The molecule has 0 aromatic carbocycles. The van der Waals surface area contributed by atoms with Crippen LogP contribution in [0.5, 0.6) is 0 Å². The van der Waals surface area contributed by atoms with Crippen LogP contribution < -0.4 is 11.1 Å². The highest BCUT2D eigenvalue weighted by atomic mass is 35.5. The third-order valence-electron chi connectivity index (χ3n) is 3.36. The molecule has 1 aliphatic carbocycles. The van der Waals surface area contributed by atoms with Gasteiger partial charge in [0.2, 0.25) is 5.91 Å². The minimum atomic E-state index is -0.264. The van der Waals surface area contributed by atoms with Gasteiger partial charge in [-0.2, -0.15) is 0 Å². The number of carbonyl (C=O) groups excluding carboxylic acids is 1. The molecule has 3 N–H and O–H groups in total. The van der Waals surface area contributed by atoms with Gasteiger partial charge in [0.1, 0.15) is 6.10 Å². The molecule has 1 saturated carbocycles. The van der Waals surface area contributed by atoms with E-state index in [2.05, 4.69) is 12.2 Å². The summed E-state index contributed by atoms with van der Waals surface area (Å²) < 4.78 is 5.54. The normalized spacial score (nSPS) is 30.6. The number of rotatable bonds is 4. The number of ether oxygens (including phenoxy) is 1. The van der Waals surface area contributed by atoms with Gasteiger partial charge in [0.15, 0.2) is 0 Å². The molecule has 94 valence electrons. The Morgan fingerprint density at radius 1 is 1.44 bits per heavy atom. The maximum Gasteiger partial charge on any atom is 0.249 e. The van der Waals surface area contributed by atoms with Crippen LogP contribution in [-0.4, -0.2) is 30.7 Å². The van der Waals surface area contributed by atoms with Crippen molar-refractivity contribution in [3.05, 3.63) is 0 Å². The lowest BCUT2D eigenvalue weighted by Crippen LogP contribution is -2.41. The van der Waals surface area contributed by atoms with Crippen molar-refractivity contribution in [2.45, 2.75) is 50.9 Å². The molecule has 0 bridgehead atoms. The van der Waals surface area contributed by atoms with Gasteiger partial charge in [0.25, 0.3) is 0 Å². The SMILES string of the molecule is CC(NC(=O)[C@@H]1CC[C@H](CN)O1)C1CC1.Cl. The van der Waals surface area contributed by atoms with Crippen LogP contribution in [-0.2, 0) is 9.53 Å². The monoisotopic (exact) mass is 248 g/mol. The minimum Gasteiger partial charge on any atom is -0.364 e. The first-order chi connectivity index (χ1) is 7.20. The summed E-state index contributed by atoms with van der Waals surface area (Å²) in [4.78, 5) is 11.8. The zero-order valence-corrected chi connectivity index (χ0v) is 10.5. The van der Waals surface area contributed by atoms with E-state index in [1.807, 2.05) is 0 Å². The van der Waals surface area contributed by atoms with Crippen molar-refractivity contribution in [2.75, 3.05) is 6.54 Å². The molecule has 16 heavy (non-hydrogen) atoms. The van der Waals surface area contributed by atoms with E-state index < -0.39 is 0 Å². The highest BCUT2D eigenvalue weighted by Crippen LogP contribution is 2.32. The number of hydrogen-bond acceptors (Lipinski definition) is 3. The van der Waals surface area contributed by atoms with Crippen molar-refractivity contribution >= 4 is 18.3 Å². The maximum atomic E-state index is 11.8. The fourth-order valence-corrected chi connectivity index (χ4v) is 2.10. The van der Waals surface area contributed by atoms with E-state index >= 15 is 0 Å². The summed E-state index contributed by atoms with van der Waals surface area (Å²) >= 11 is 0. The van der Waals surface area contributed by atoms with Crippen LogP contribution in [0.1, 0.15) is 32.6 Å². The van der Waals surface area contributed by atoms with E-state index in [0.717, 1.165) is 12.8 Å². The summed E-state index contributed by atoms with van der Waals surface area (Å²) in [6.45, 7) is 2.59. The molecule has 2 rings (SSSR count). The molecule has 4 nitrogen and oxygen atoms in total. The molecule has 5 heteroatoms. The quantitative estimate of drug-likeness (QED) is 0.775. The average molecular weight is 249 g/mol. The van der Waals surface area contributed by atoms with E-state index in [9.17, 15) is 4.79 Å². The van der Waals surface area contributed by atoms with E-state index in [0.29, 0.717) is 18.5 Å². The van der Waals surface area contributed by atoms with E-state index in [-0.39, 0.29) is 30.5 Å². The van der Waals surface area contributed by atoms with Gasteiger partial charge < -0.3 is 15.8 Å². The van der Waals surface area contributed by atoms with Gasteiger partial charge in [-0.05, 0) is 38.5 Å². The molecule has 2 fully saturated rings. The first kappa shape index (κ1) is 13.7. The molecule has 2 aliphatic rings. The van der Waals surface area contributed by atoms with Crippen molar-refractivity contribution < 1.29 is 9.53 Å². The Morgan fingerprint density at radius 3 is 2.62 bits per heavy atom. The third kappa shape index (κ3) is 3.34. The zero-order valence-electron chi connectivity index (χ0n) is 9.65. The number of nitrogens with one attached hydrogen (secondary N) is 1. The Kier molecular flexibility index (Phi) is 5.02. The number of amides is 1. The summed E-state index contributed by atoms with van der Waals surface area (Å²) in [7, 11) is 0. The van der Waals surface area contributed by atoms with Crippen molar-refractivity contribution in [3.8, 4) is 0 Å². The van der Waals surface area contributed by atoms with Crippen LogP contribution in [0.15, 0.2) is 0 Å². The van der Waals surface area contributed by atoms with Crippen molar-refractivity contribution in [1.82, 2.24) is 5.32 Å². The van der Waals surface area contributed by atoms with Gasteiger partial charge in [-0.3, -0.25) is 4.79 Å². The topological polar surface area (TPSA) is 64.4 Å². The maximum absolute atomic E-state index is 11.8. The second-order valence-electron chi connectivity index (χ2n) is 4.69. The molecule has 0 aromatic heterocycles. The van der Waals surface area contributed by atoms with Crippen LogP contribution >= 0.6 is 12.4 Å². The second kappa shape index (κ2) is 5.84. The predicted octanol–water partition coefficient (Wildman–Crippen LogP) is 0.829. The van der Waals surface area contributed by atoms with Crippen molar-refractivity contribution in [1.29, 1.82) is 0 Å². The molecule has 0 spiro atoms. The Hall–Kier alpha value is -0.320. The van der Waals surface area contributed by atoms with Gasteiger partial charge in [-0.15, -0.1) is 12.4 Å². The highest BCUT2D eigenvalue weighted by Gasteiger charge is 2.34. The lowest BCUT2D eigenvalue weighted by molar-refractivity contribution is -0.132. The average Bonchev–Trinajstić information content (AvgIpc) is 2.96. The van der Waals surface area contributed by atoms with Gasteiger partial charge in [0.05, 0.1) is 6.10 Å². The van der Waals surface area contributed by atoms with Gasteiger partial charge in [-0.25, -0.2) is 0 Å². The molecular formula is C11H21ClN2O2. The van der Waals surface area contributed by atoms with Gasteiger partial charge >= 0.3 is 0 Å². The summed E-state index contributed by atoms with van der Waals surface area (Å²) in [5.74, 6) is 0.742. The molecule has 1 heterocycles. The smallest absolute Gasteiger partial charge is 0.249 e. The van der Waals surface area contributed by atoms with E-state index in [1.54, 1.807) is 0 Å². The number of nitrogens with two attached hydrogens (primary N) is 1. The first-order valence-corrected chi connectivity index (χ1v) is 5.86. The molecule has 0 aromatic rings. The van der Waals surface area contributed by atoms with Crippen LogP contribution in [0.2, 0.25) is 0 Å². The third-order valence-corrected chi connectivity index (χ3v) is 3.36. The predicted molar refractivity (Wildman–Crippen MR) is 64.5 cm³/mol. The Bertz CT molecular complexity index is 246. The molecule has 1 saturated heterocycles. The number of carbonyl (C=O) groups is 1. The largest absolute Gasteiger partial charge is 0.364 e. The molecule has 3 atom stereocenters. The van der Waals surface area contributed by atoms with Gasteiger partial charge in [0, 0.05) is 12.6 Å². The fourth-order valence-electron chi connectivity index (χ4n) is 2.10. The van der Waals surface area contributed by atoms with Crippen LogP contribution in [0.4, 0.5) is 0 Å². The number of hydrogen-bond donors (Lipinski definition) is 2. The molecule has 1 aliphatic heterocycles. The number of halogens is 1. The van der Waals surface area contributed by atoms with E-state index in [1.165, 1.54) is 12.8 Å². The lowest BCUT2D eigenvalue weighted by atomic mass is 10.1. The lowest BCUT2D eigenvalue weighted by Gasteiger charge is -2.17.